The van der Waals surface area contributed by atoms with Gasteiger partial charge in [-0.1, -0.05) is 19.4 Å². The summed E-state index contributed by atoms with van der Waals surface area (Å²) in [4.78, 5) is 26.9. The summed E-state index contributed by atoms with van der Waals surface area (Å²) >= 11 is 0. The number of amides is 1. The lowest BCUT2D eigenvalue weighted by molar-refractivity contribution is -0.141. The molecule has 2 aliphatic rings. The van der Waals surface area contributed by atoms with E-state index in [4.69, 9.17) is 4.74 Å². The van der Waals surface area contributed by atoms with E-state index in [2.05, 4.69) is 6.92 Å². The van der Waals surface area contributed by atoms with Gasteiger partial charge in [-0.05, 0) is 56.7 Å². The highest BCUT2D eigenvalue weighted by Crippen LogP contribution is 2.22. The zero-order valence-corrected chi connectivity index (χ0v) is 18.0. The van der Waals surface area contributed by atoms with Crippen molar-refractivity contribution in [3.8, 4) is 0 Å². The van der Waals surface area contributed by atoms with E-state index >= 15 is 0 Å². The molecule has 2 fully saturated rings. The molecule has 160 valence electrons. The van der Waals surface area contributed by atoms with Crippen molar-refractivity contribution in [3.05, 3.63) is 29.8 Å². The number of likely N-dealkylation sites (tertiary alicyclic amines) is 1. The van der Waals surface area contributed by atoms with E-state index in [9.17, 15) is 18.0 Å². The van der Waals surface area contributed by atoms with Gasteiger partial charge in [-0.2, -0.15) is 4.31 Å². The van der Waals surface area contributed by atoms with E-state index in [0.717, 1.165) is 32.1 Å². The van der Waals surface area contributed by atoms with Crippen molar-refractivity contribution >= 4 is 21.9 Å². The summed E-state index contributed by atoms with van der Waals surface area (Å²) in [6, 6.07) is 5.87. The summed E-state index contributed by atoms with van der Waals surface area (Å²) in [5, 5.41) is 0. The Balaban J connectivity index is 1.66. The largest absolute Gasteiger partial charge is 0.449 e. The van der Waals surface area contributed by atoms with Gasteiger partial charge in [0.25, 0.3) is 5.91 Å². The van der Waals surface area contributed by atoms with E-state index in [1.165, 1.54) is 28.6 Å². The number of hydrogen-bond donors (Lipinski definition) is 0. The summed E-state index contributed by atoms with van der Waals surface area (Å²) < 4.78 is 32.5. The molecule has 1 unspecified atom stereocenters. The first-order valence-corrected chi connectivity index (χ1v) is 11.8. The van der Waals surface area contributed by atoms with E-state index in [-0.39, 0.29) is 16.4 Å². The van der Waals surface area contributed by atoms with Crippen LogP contribution in [0.3, 0.4) is 0 Å². The van der Waals surface area contributed by atoms with Crippen LogP contribution in [0.5, 0.6) is 0 Å². The van der Waals surface area contributed by atoms with Gasteiger partial charge in [0.15, 0.2) is 6.10 Å². The van der Waals surface area contributed by atoms with Crippen molar-refractivity contribution in [1.29, 1.82) is 0 Å². The Morgan fingerprint density at radius 1 is 1.07 bits per heavy atom. The van der Waals surface area contributed by atoms with Crippen molar-refractivity contribution in [2.24, 2.45) is 5.92 Å². The maximum atomic E-state index is 12.8. The number of ether oxygens (including phenoxy) is 1. The Morgan fingerprint density at radius 2 is 1.72 bits per heavy atom. The highest BCUT2D eigenvalue weighted by atomic mass is 32.2. The molecule has 1 atom stereocenters. The first-order valence-electron chi connectivity index (χ1n) is 10.4. The number of sulfonamides is 1. The second kappa shape index (κ2) is 9.26. The fraction of sp³-hybridized carbons (Fsp3) is 0.619. The third-order valence-electron chi connectivity index (χ3n) is 5.75. The second-order valence-corrected chi connectivity index (χ2v) is 9.99. The molecule has 0 aromatic heterocycles. The smallest absolute Gasteiger partial charge is 0.338 e. The van der Waals surface area contributed by atoms with Gasteiger partial charge in [0.2, 0.25) is 10.0 Å². The van der Waals surface area contributed by atoms with Gasteiger partial charge in [0, 0.05) is 26.2 Å². The zero-order valence-electron chi connectivity index (χ0n) is 17.2. The quantitative estimate of drug-likeness (QED) is 0.681. The number of carbonyl (C=O) groups is 2. The number of esters is 1. The molecule has 2 heterocycles. The van der Waals surface area contributed by atoms with E-state index in [1.54, 1.807) is 11.8 Å². The third-order valence-corrected chi connectivity index (χ3v) is 7.64. The van der Waals surface area contributed by atoms with Crippen LogP contribution >= 0.6 is 0 Å². The highest BCUT2D eigenvalue weighted by Gasteiger charge is 2.29. The van der Waals surface area contributed by atoms with Crippen LogP contribution in [0.15, 0.2) is 29.2 Å². The van der Waals surface area contributed by atoms with Crippen LogP contribution in [0.4, 0.5) is 0 Å². The molecule has 1 amide bonds. The molecule has 2 aliphatic heterocycles. The summed E-state index contributed by atoms with van der Waals surface area (Å²) in [5.74, 6) is -0.296. The predicted octanol–water partition coefficient (Wildman–Crippen LogP) is 2.67. The van der Waals surface area contributed by atoms with E-state index in [1.807, 2.05) is 0 Å². The average molecular weight is 423 g/mol. The lowest BCUT2D eigenvalue weighted by atomic mass is 9.99. The van der Waals surface area contributed by atoms with Gasteiger partial charge in [0.05, 0.1) is 10.5 Å². The minimum atomic E-state index is -3.63. The Bertz CT molecular complexity index is 840. The molecular weight excluding hydrogens is 392 g/mol. The molecule has 0 aliphatic carbocycles. The van der Waals surface area contributed by atoms with Crippen LogP contribution in [0.1, 0.15) is 56.3 Å². The third kappa shape index (κ3) is 5.17. The van der Waals surface area contributed by atoms with Gasteiger partial charge in [-0.15, -0.1) is 0 Å². The maximum Gasteiger partial charge on any atom is 0.338 e. The Labute approximate surface area is 173 Å². The van der Waals surface area contributed by atoms with Crippen LogP contribution in [0.2, 0.25) is 0 Å². The lowest BCUT2D eigenvalue weighted by Crippen LogP contribution is -2.44. The van der Waals surface area contributed by atoms with Gasteiger partial charge < -0.3 is 9.64 Å². The van der Waals surface area contributed by atoms with Crippen molar-refractivity contribution in [3.63, 3.8) is 0 Å². The van der Waals surface area contributed by atoms with Crippen LogP contribution < -0.4 is 0 Å². The summed E-state index contributed by atoms with van der Waals surface area (Å²) in [5.41, 5.74) is 0.134. The van der Waals surface area contributed by atoms with E-state index < -0.39 is 22.1 Å². The number of benzene rings is 1. The second-order valence-electron chi connectivity index (χ2n) is 8.05. The van der Waals surface area contributed by atoms with Gasteiger partial charge in [0.1, 0.15) is 0 Å². The Hall–Kier alpha value is -1.93. The van der Waals surface area contributed by atoms with Crippen LogP contribution in [0, 0.1) is 5.92 Å². The molecule has 0 saturated carbocycles. The predicted molar refractivity (Wildman–Crippen MR) is 109 cm³/mol. The van der Waals surface area contributed by atoms with Crippen LogP contribution in [0.25, 0.3) is 0 Å². The van der Waals surface area contributed by atoms with E-state index in [0.29, 0.717) is 32.1 Å². The van der Waals surface area contributed by atoms with Crippen LogP contribution in [-0.4, -0.2) is 61.8 Å². The maximum absolute atomic E-state index is 12.8. The molecule has 1 aromatic carbocycles. The molecule has 3 rings (SSSR count). The lowest BCUT2D eigenvalue weighted by Gasteiger charge is -2.31. The molecule has 8 heteroatoms. The van der Waals surface area contributed by atoms with Crippen LogP contribution in [-0.2, 0) is 19.6 Å². The molecule has 2 saturated heterocycles. The Morgan fingerprint density at radius 3 is 2.38 bits per heavy atom. The standard InChI is InChI=1S/C21H30N2O5S/c1-16-9-13-22(14-10-16)20(24)17(2)28-21(25)18-7-6-8-19(15-18)29(26,27)23-11-4-3-5-12-23/h6-8,15-17H,3-5,9-14H2,1-2H3. The minimum absolute atomic E-state index is 0.0813. The summed E-state index contributed by atoms with van der Waals surface area (Å²) in [6.07, 6.45) is 3.70. The first kappa shape index (κ1) is 21.8. The molecule has 7 nitrogen and oxygen atoms in total. The Kier molecular flexibility index (Phi) is 6.95. The SMILES string of the molecule is CC1CCN(C(=O)C(C)OC(=O)c2cccc(S(=O)(=O)N3CCCCC3)c2)CC1. The number of rotatable bonds is 5. The molecular formula is C21H30N2O5S. The first-order chi connectivity index (χ1) is 13.8. The minimum Gasteiger partial charge on any atom is -0.449 e. The fourth-order valence-corrected chi connectivity index (χ4v) is 5.37. The molecule has 0 spiro atoms. The van der Waals surface area contributed by atoms with Crippen molar-refractivity contribution in [1.82, 2.24) is 9.21 Å². The fourth-order valence-electron chi connectivity index (χ4n) is 3.80. The average Bonchev–Trinajstić information content (AvgIpc) is 2.74. The molecule has 29 heavy (non-hydrogen) atoms. The van der Waals surface area contributed by atoms with Crippen molar-refractivity contribution in [2.45, 2.75) is 57.0 Å². The molecule has 0 bridgehead atoms. The van der Waals surface area contributed by atoms with Crippen molar-refractivity contribution < 1.29 is 22.7 Å². The normalized spacial score (nSPS) is 20.3. The summed E-state index contributed by atoms with van der Waals surface area (Å²) in [6.45, 7) is 6.06. The van der Waals surface area contributed by atoms with Gasteiger partial charge in [-0.25, -0.2) is 13.2 Å². The summed E-state index contributed by atoms with van der Waals surface area (Å²) in [7, 11) is -3.63. The van der Waals surface area contributed by atoms with Crippen molar-refractivity contribution in [2.75, 3.05) is 26.2 Å². The van der Waals surface area contributed by atoms with Gasteiger partial charge >= 0.3 is 5.97 Å². The molecule has 0 radical (unpaired) electrons. The topological polar surface area (TPSA) is 84.0 Å². The zero-order chi connectivity index (χ0) is 21.0. The molecule has 0 N–H and O–H groups in total. The monoisotopic (exact) mass is 422 g/mol. The highest BCUT2D eigenvalue weighted by molar-refractivity contribution is 7.89. The van der Waals surface area contributed by atoms with Gasteiger partial charge in [-0.3, -0.25) is 4.79 Å². The molecule has 1 aromatic rings. The number of hydrogen-bond acceptors (Lipinski definition) is 5. The number of nitrogens with zero attached hydrogens (tertiary/aromatic N) is 2. The number of carbonyl (C=O) groups excluding carboxylic acids is 2. The number of piperidine rings is 2.